The first-order valence-electron chi connectivity index (χ1n) is 8.72. The fourth-order valence-electron chi connectivity index (χ4n) is 3.10. The van der Waals surface area contributed by atoms with Gasteiger partial charge >= 0.3 is 5.97 Å². The number of imide groups is 1. The third kappa shape index (κ3) is 3.52. The van der Waals surface area contributed by atoms with E-state index in [0.717, 1.165) is 12.0 Å². The maximum Gasteiger partial charge on any atom is 0.336 e. The number of amides is 2. The highest BCUT2D eigenvalue weighted by Crippen LogP contribution is 2.26. The zero-order valence-corrected chi connectivity index (χ0v) is 14.8. The molecule has 1 unspecified atom stereocenters. The summed E-state index contributed by atoms with van der Waals surface area (Å²) in [5.74, 6) is -2.11. The maximum absolute atomic E-state index is 12.6. The van der Waals surface area contributed by atoms with Crippen molar-refractivity contribution in [3.8, 4) is 0 Å². The zero-order chi connectivity index (χ0) is 18.7. The van der Waals surface area contributed by atoms with Crippen molar-refractivity contribution in [1.82, 2.24) is 5.06 Å². The Kier molecular flexibility index (Phi) is 5.16. The van der Waals surface area contributed by atoms with E-state index in [1.165, 1.54) is 0 Å². The molecule has 5 heteroatoms. The van der Waals surface area contributed by atoms with Crippen LogP contribution in [0.15, 0.2) is 54.6 Å². The van der Waals surface area contributed by atoms with E-state index in [9.17, 15) is 14.4 Å². The van der Waals surface area contributed by atoms with E-state index in [-0.39, 0.29) is 17.0 Å². The Labute approximate surface area is 152 Å². The molecule has 26 heavy (non-hydrogen) atoms. The molecular formula is C21H21NO4. The van der Waals surface area contributed by atoms with Crippen LogP contribution in [0.1, 0.15) is 46.5 Å². The van der Waals surface area contributed by atoms with Crippen LogP contribution < -0.4 is 0 Å². The summed E-state index contributed by atoms with van der Waals surface area (Å²) < 4.78 is 0. The lowest BCUT2D eigenvalue weighted by molar-refractivity contribution is -0.175. The van der Waals surface area contributed by atoms with Crippen LogP contribution in [0.4, 0.5) is 0 Å². The van der Waals surface area contributed by atoms with E-state index in [1.54, 1.807) is 24.3 Å². The van der Waals surface area contributed by atoms with Gasteiger partial charge in [-0.1, -0.05) is 61.4 Å². The topological polar surface area (TPSA) is 63.7 Å². The second-order valence-electron chi connectivity index (χ2n) is 6.74. The van der Waals surface area contributed by atoms with Gasteiger partial charge in [0, 0.05) is 0 Å². The number of rotatable bonds is 6. The SMILES string of the molecule is CC(C)C(CCc1ccccc1)C(=O)ON1C(=O)c2ccccc2C1=O. The number of hydroxylamine groups is 2. The van der Waals surface area contributed by atoms with Crippen molar-refractivity contribution in [3.63, 3.8) is 0 Å². The Bertz CT molecular complexity index is 794. The summed E-state index contributed by atoms with van der Waals surface area (Å²) in [4.78, 5) is 42.5. The van der Waals surface area contributed by atoms with Gasteiger partial charge in [0.15, 0.2) is 0 Å². The lowest BCUT2D eigenvalue weighted by atomic mass is 9.90. The Hall–Kier alpha value is -2.95. The van der Waals surface area contributed by atoms with E-state index >= 15 is 0 Å². The first kappa shape index (κ1) is 17.9. The van der Waals surface area contributed by atoms with E-state index in [0.29, 0.717) is 11.5 Å². The molecule has 134 valence electrons. The lowest BCUT2D eigenvalue weighted by Crippen LogP contribution is -2.36. The van der Waals surface area contributed by atoms with Gasteiger partial charge in [0.2, 0.25) is 0 Å². The van der Waals surface area contributed by atoms with Crippen LogP contribution in [-0.2, 0) is 16.1 Å². The van der Waals surface area contributed by atoms with Gasteiger partial charge in [-0.25, -0.2) is 4.79 Å². The maximum atomic E-state index is 12.6. The van der Waals surface area contributed by atoms with Crippen LogP contribution >= 0.6 is 0 Å². The molecule has 2 aromatic carbocycles. The smallest absolute Gasteiger partial charge is 0.329 e. The molecule has 0 bridgehead atoms. The van der Waals surface area contributed by atoms with Crippen molar-refractivity contribution in [2.45, 2.75) is 26.7 Å². The third-order valence-electron chi connectivity index (χ3n) is 4.63. The lowest BCUT2D eigenvalue weighted by Gasteiger charge is -2.21. The molecular weight excluding hydrogens is 330 g/mol. The van der Waals surface area contributed by atoms with Crippen LogP contribution in [-0.4, -0.2) is 22.8 Å². The van der Waals surface area contributed by atoms with Gasteiger partial charge in [0.25, 0.3) is 11.8 Å². The molecule has 1 heterocycles. The number of hydrogen-bond donors (Lipinski definition) is 0. The van der Waals surface area contributed by atoms with Crippen LogP contribution in [0.25, 0.3) is 0 Å². The molecule has 0 aliphatic carbocycles. The molecule has 1 aliphatic rings. The van der Waals surface area contributed by atoms with Crippen molar-refractivity contribution < 1.29 is 19.2 Å². The average Bonchev–Trinajstić information content (AvgIpc) is 2.88. The van der Waals surface area contributed by atoms with Crippen LogP contribution in [0.2, 0.25) is 0 Å². The van der Waals surface area contributed by atoms with Gasteiger partial charge in [-0.15, -0.1) is 0 Å². The highest BCUT2D eigenvalue weighted by molar-refractivity contribution is 6.20. The third-order valence-corrected chi connectivity index (χ3v) is 4.63. The van der Waals surface area contributed by atoms with Gasteiger partial charge in [-0.05, 0) is 36.5 Å². The second-order valence-corrected chi connectivity index (χ2v) is 6.74. The largest absolute Gasteiger partial charge is 0.336 e. The summed E-state index contributed by atoms with van der Waals surface area (Å²) in [6, 6.07) is 16.3. The first-order chi connectivity index (χ1) is 12.5. The number of benzene rings is 2. The van der Waals surface area contributed by atoms with E-state index in [2.05, 4.69) is 0 Å². The predicted molar refractivity (Wildman–Crippen MR) is 96.1 cm³/mol. The summed E-state index contributed by atoms with van der Waals surface area (Å²) >= 11 is 0. The van der Waals surface area contributed by atoms with Crippen LogP contribution in [0.5, 0.6) is 0 Å². The summed E-state index contributed by atoms with van der Waals surface area (Å²) in [5.41, 5.74) is 1.65. The number of carbonyl (C=O) groups excluding carboxylic acids is 3. The van der Waals surface area contributed by atoms with Crippen molar-refractivity contribution in [1.29, 1.82) is 0 Å². The average molecular weight is 351 g/mol. The quantitative estimate of drug-likeness (QED) is 0.745. The molecule has 2 aromatic rings. The summed E-state index contributed by atoms with van der Waals surface area (Å²) in [7, 11) is 0. The number of carbonyl (C=O) groups is 3. The molecule has 0 saturated heterocycles. The van der Waals surface area contributed by atoms with E-state index < -0.39 is 23.7 Å². The predicted octanol–water partition coefficient (Wildman–Crippen LogP) is 3.65. The van der Waals surface area contributed by atoms with Crippen molar-refractivity contribution >= 4 is 17.8 Å². The Morgan fingerprint density at radius 2 is 1.46 bits per heavy atom. The van der Waals surface area contributed by atoms with Crippen molar-refractivity contribution in [3.05, 3.63) is 71.3 Å². The fraction of sp³-hybridized carbons (Fsp3) is 0.286. The van der Waals surface area contributed by atoms with Crippen molar-refractivity contribution in [2.75, 3.05) is 0 Å². The zero-order valence-electron chi connectivity index (χ0n) is 14.8. The number of fused-ring (bicyclic) bond motifs is 1. The molecule has 0 aromatic heterocycles. The molecule has 0 radical (unpaired) electrons. The minimum absolute atomic E-state index is 0.0291. The highest BCUT2D eigenvalue weighted by atomic mass is 16.7. The number of nitrogens with zero attached hydrogens (tertiary/aromatic N) is 1. The molecule has 1 atom stereocenters. The standard InChI is InChI=1S/C21H21NO4/c1-14(2)16(13-12-15-8-4-3-5-9-15)21(25)26-22-19(23)17-10-6-7-11-18(17)20(22)24/h3-11,14,16H,12-13H2,1-2H3. The Morgan fingerprint density at radius 3 is 2.00 bits per heavy atom. The number of aryl methyl sites for hydroxylation is 1. The first-order valence-corrected chi connectivity index (χ1v) is 8.72. The van der Waals surface area contributed by atoms with Gasteiger partial charge < -0.3 is 4.84 Å². The summed E-state index contributed by atoms with van der Waals surface area (Å²) in [6.07, 6.45) is 1.31. The molecule has 3 rings (SSSR count). The highest BCUT2D eigenvalue weighted by Gasteiger charge is 2.40. The van der Waals surface area contributed by atoms with Crippen LogP contribution in [0.3, 0.4) is 0 Å². The minimum Gasteiger partial charge on any atom is -0.329 e. The number of hydrogen-bond acceptors (Lipinski definition) is 4. The normalized spacial score (nSPS) is 14.5. The fourth-order valence-corrected chi connectivity index (χ4v) is 3.10. The molecule has 5 nitrogen and oxygen atoms in total. The van der Waals surface area contributed by atoms with Gasteiger partial charge in [0.1, 0.15) is 0 Å². The van der Waals surface area contributed by atoms with Crippen LogP contribution in [0, 0.1) is 11.8 Å². The Balaban J connectivity index is 1.69. The molecule has 0 saturated carbocycles. The monoisotopic (exact) mass is 351 g/mol. The van der Waals surface area contributed by atoms with E-state index in [1.807, 2.05) is 44.2 Å². The molecule has 2 amide bonds. The summed E-state index contributed by atoms with van der Waals surface area (Å²) in [6.45, 7) is 3.86. The van der Waals surface area contributed by atoms with Crippen molar-refractivity contribution in [2.24, 2.45) is 11.8 Å². The molecule has 0 fully saturated rings. The Morgan fingerprint density at radius 1 is 0.923 bits per heavy atom. The van der Waals surface area contributed by atoms with E-state index in [4.69, 9.17) is 4.84 Å². The molecule has 1 aliphatic heterocycles. The van der Waals surface area contributed by atoms with Gasteiger partial charge in [-0.2, -0.15) is 0 Å². The van der Waals surface area contributed by atoms with Gasteiger partial charge in [0.05, 0.1) is 17.0 Å². The second kappa shape index (κ2) is 7.52. The summed E-state index contributed by atoms with van der Waals surface area (Å²) in [5, 5.41) is 0.588. The minimum atomic E-state index is -0.593. The molecule has 0 spiro atoms. The van der Waals surface area contributed by atoms with Gasteiger partial charge in [-0.3, -0.25) is 9.59 Å². The molecule has 0 N–H and O–H groups in total.